The molecule has 0 aliphatic carbocycles. The minimum absolute atomic E-state index is 0.269. The molecule has 0 spiro atoms. The number of rotatable bonds is 6. The number of benzene rings is 2. The van der Waals surface area contributed by atoms with Gasteiger partial charge in [0.1, 0.15) is 10.9 Å². The van der Waals surface area contributed by atoms with Crippen LogP contribution in [-0.2, 0) is 4.79 Å². The summed E-state index contributed by atoms with van der Waals surface area (Å²) in [5.74, 6) is 0.891. The fraction of sp³-hybridized carbons (Fsp3) is 0.240. The lowest BCUT2D eigenvalue weighted by Crippen LogP contribution is -2.32. The number of methoxy groups -OCH3 is 2. The first kappa shape index (κ1) is 22.5. The van der Waals surface area contributed by atoms with Crippen LogP contribution < -0.4 is 20.3 Å². The highest BCUT2D eigenvalue weighted by Gasteiger charge is 2.21. The highest BCUT2D eigenvalue weighted by atomic mass is 32.1. The standard InChI is InChI=1S/C25H25N3O4S/c1-14-7-6-8-19(15(14)2)27-23(29)16(3)28-13-26-24-22(25(28)30)18(12-33-24)17-9-10-20(31-4)21(11-17)32-5/h6-13,16H,1-5H3,(H,27,29). The SMILES string of the molecule is COc1ccc(-c2csc3ncn(C(C)C(=O)Nc4cccc(C)c4C)c(=O)c23)cc1OC. The van der Waals surface area contributed by atoms with Gasteiger partial charge >= 0.3 is 0 Å². The molecule has 1 amide bonds. The number of hydrogen-bond donors (Lipinski definition) is 1. The molecule has 1 unspecified atom stereocenters. The van der Waals surface area contributed by atoms with Crippen molar-refractivity contribution >= 4 is 33.1 Å². The first-order valence-corrected chi connectivity index (χ1v) is 11.3. The van der Waals surface area contributed by atoms with Gasteiger partial charge in [-0.2, -0.15) is 0 Å². The number of carbonyl (C=O) groups excluding carboxylic acids is 1. The Morgan fingerprint density at radius 3 is 2.61 bits per heavy atom. The second kappa shape index (κ2) is 9.07. The van der Waals surface area contributed by atoms with Gasteiger partial charge in [0.25, 0.3) is 5.56 Å². The minimum Gasteiger partial charge on any atom is -0.493 e. The number of aromatic nitrogens is 2. The maximum absolute atomic E-state index is 13.5. The molecule has 0 bridgehead atoms. The summed E-state index contributed by atoms with van der Waals surface area (Å²) in [6.07, 6.45) is 1.44. The van der Waals surface area contributed by atoms with Crippen LogP contribution in [0.5, 0.6) is 11.5 Å². The predicted octanol–water partition coefficient (Wildman–Crippen LogP) is 4.96. The monoisotopic (exact) mass is 463 g/mol. The van der Waals surface area contributed by atoms with Crippen molar-refractivity contribution in [2.75, 3.05) is 19.5 Å². The van der Waals surface area contributed by atoms with Gasteiger partial charge in [0, 0.05) is 16.6 Å². The van der Waals surface area contributed by atoms with Crippen LogP contribution >= 0.6 is 11.3 Å². The van der Waals surface area contributed by atoms with Crippen molar-refractivity contribution in [3.63, 3.8) is 0 Å². The van der Waals surface area contributed by atoms with E-state index in [4.69, 9.17) is 9.47 Å². The molecule has 4 aromatic rings. The number of ether oxygens (including phenoxy) is 2. The van der Waals surface area contributed by atoms with Crippen LogP contribution in [-0.4, -0.2) is 29.7 Å². The van der Waals surface area contributed by atoms with Crippen LogP contribution in [0, 0.1) is 13.8 Å². The number of hydrogen-bond acceptors (Lipinski definition) is 6. The van der Waals surface area contributed by atoms with E-state index < -0.39 is 6.04 Å². The molecule has 0 aliphatic heterocycles. The Balaban J connectivity index is 1.73. The summed E-state index contributed by atoms with van der Waals surface area (Å²) < 4.78 is 12.1. The zero-order valence-corrected chi connectivity index (χ0v) is 19.9. The topological polar surface area (TPSA) is 82.5 Å². The Morgan fingerprint density at radius 1 is 1.12 bits per heavy atom. The Kier molecular flexibility index (Phi) is 6.20. The minimum atomic E-state index is -0.743. The zero-order valence-electron chi connectivity index (χ0n) is 19.1. The van der Waals surface area contributed by atoms with E-state index in [0.717, 1.165) is 27.9 Å². The Morgan fingerprint density at radius 2 is 1.88 bits per heavy atom. The van der Waals surface area contributed by atoms with Gasteiger partial charge in [0.05, 0.1) is 25.9 Å². The largest absolute Gasteiger partial charge is 0.493 e. The summed E-state index contributed by atoms with van der Waals surface area (Å²) in [5.41, 5.74) is 4.09. The summed E-state index contributed by atoms with van der Waals surface area (Å²) in [6, 6.07) is 10.5. The van der Waals surface area contributed by atoms with Gasteiger partial charge in [0.2, 0.25) is 5.91 Å². The number of fused-ring (bicyclic) bond motifs is 1. The number of amides is 1. The van der Waals surface area contributed by atoms with Crippen molar-refractivity contribution < 1.29 is 14.3 Å². The van der Waals surface area contributed by atoms with Crippen molar-refractivity contribution in [3.05, 3.63) is 69.6 Å². The maximum atomic E-state index is 13.5. The number of carbonyl (C=O) groups is 1. The van der Waals surface area contributed by atoms with Crippen molar-refractivity contribution in [3.8, 4) is 22.6 Å². The Bertz CT molecular complexity index is 1410. The molecule has 1 atom stereocenters. The average molecular weight is 464 g/mol. The molecule has 0 saturated carbocycles. The lowest BCUT2D eigenvalue weighted by Gasteiger charge is -2.17. The van der Waals surface area contributed by atoms with E-state index in [1.807, 2.05) is 49.6 Å². The first-order valence-electron chi connectivity index (χ1n) is 10.4. The van der Waals surface area contributed by atoms with Gasteiger partial charge in [-0.3, -0.25) is 14.2 Å². The summed E-state index contributed by atoms with van der Waals surface area (Å²) in [7, 11) is 3.14. The van der Waals surface area contributed by atoms with E-state index in [1.165, 1.54) is 22.2 Å². The molecule has 33 heavy (non-hydrogen) atoms. The van der Waals surface area contributed by atoms with E-state index in [9.17, 15) is 9.59 Å². The van der Waals surface area contributed by atoms with Gasteiger partial charge in [0.15, 0.2) is 11.5 Å². The highest BCUT2D eigenvalue weighted by molar-refractivity contribution is 7.17. The zero-order chi connectivity index (χ0) is 23.7. The van der Waals surface area contributed by atoms with Gasteiger partial charge in [-0.25, -0.2) is 4.98 Å². The van der Waals surface area contributed by atoms with Crippen LogP contribution in [0.15, 0.2) is 52.9 Å². The summed E-state index contributed by atoms with van der Waals surface area (Å²) >= 11 is 1.38. The van der Waals surface area contributed by atoms with E-state index in [1.54, 1.807) is 27.2 Å². The molecule has 0 aliphatic rings. The molecule has 8 heteroatoms. The van der Waals surface area contributed by atoms with Crippen LogP contribution in [0.4, 0.5) is 5.69 Å². The quantitative estimate of drug-likeness (QED) is 0.437. The molecule has 170 valence electrons. The van der Waals surface area contributed by atoms with Crippen LogP contribution in [0.3, 0.4) is 0 Å². The number of nitrogens with zero attached hydrogens (tertiary/aromatic N) is 2. The smallest absolute Gasteiger partial charge is 0.263 e. The normalized spacial score (nSPS) is 11.9. The summed E-state index contributed by atoms with van der Waals surface area (Å²) in [4.78, 5) is 31.5. The third kappa shape index (κ3) is 4.09. The third-order valence-electron chi connectivity index (χ3n) is 5.87. The fourth-order valence-corrected chi connectivity index (χ4v) is 4.59. The second-order valence-corrected chi connectivity index (χ2v) is 8.63. The van der Waals surface area contributed by atoms with E-state index in [-0.39, 0.29) is 11.5 Å². The molecule has 1 N–H and O–H groups in total. The van der Waals surface area contributed by atoms with Crippen molar-refractivity contribution in [2.24, 2.45) is 0 Å². The van der Waals surface area contributed by atoms with Crippen molar-refractivity contribution in [1.82, 2.24) is 9.55 Å². The van der Waals surface area contributed by atoms with Crippen LogP contribution in [0.2, 0.25) is 0 Å². The van der Waals surface area contributed by atoms with Gasteiger partial charge in [-0.05, 0) is 55.7 Å². The van der Waals surface area contributed by atoms with E-state index in [0.29, 0.717) is 21.7 Å². The van der Waals surface area contributed by atoms with Crippen LogP contribution in [0.1, 0.15) is 24.1 Å². The fourth-order valence-electron chi connectivity index (χ4n) is 3.69. The van der Waals surface area contributed by atoms with Crippen LogP contribution in [0.25, 0.3) is 21.3 Å². The number of nitrogens with one attached hydrogen (secondary N) is 1. The number of thiophene rings is 1. The lowest BCUT2D eigenvalue weighted by molar-refractivity contribution is -0.118. The van der Waals surface area contributed by atoms with Gasteiger partial charge in [-0.1, -0.05) is 18.2 Å². The van der Waals surface area contributed by atoms with E-state index >= 15 is 0 Å². The predicted molar refractivity (Wildman–Crippen MR) is 132 cm³/mol. The second-order valence-electron chi connectivity index (χ2n) is 7.77. The average Bonchev–Trinajstić information content (AvgIpc) is 3.26. The molecule has 0 radical (unpaired) electrons. The molecular weight excluding hydrogens is 438 g/mol. The molecule has 7 nitrogen and oxygen atoms in total. The highest BCUT2D eigenvalue weighted by Crippen LogP contribution is 2.36. The maximum Gasteiger partial charge on any atom is 0.263 e. The molecule has 4 rings (SSSR count). The Labute approximate surface area is 195 Å². The number of aryl methyl sites for hydroxylation is 1. The molecule has 2 heterocycles. The first-order chi connectivity index (χ1) is 15.8. The Hall–Kier alpha value is -3.65. The molecule has 0 saturated heterocycles. The number of anilines is 1. The lowest BCUT2D eigenvalue weighted by atomic mass is 10.1. The van der Waals surface area contributed by atoms with Gasteiger partial charge < -0.3 is 14.8 Å². The molecule has 0 fully saturated rings. The summed E-state index contributed by atoms with van der Waals surface area (Å²) in [5, 5.41) is 5.31. The van der Waals surface area contributed by atoms with Crippen molar-refractivity contribution in [2.45, 2.75) is 26.8 Å². The summed E-state index contributed by atoms with van der Waals surface area (Å²) in [6.45, 7) is 5.64. The van der Waals surface area contributed by atoms with E-state index in [2.05, 4.69) is 10.3 Å². The molecular formula is C25H25N3O4S. The molecule has 2 aromatic carbocycles. The third-order valence-corrected chi connectivity index (χ3v) is 6.76. The van der Waals surface area contributed by atoms with Crippen molar-refractivity contribution in [1.29, 1.82) is 0 Å². The van der Waals surface area contributed by atoms with Gasteiger partial charge in [-0.15, -0.1) is 11.3 Å². The molecule has 2 aromatic heterocycles.